The van der Waals surface area contributed by atoms with Gasteiger partial charge in [-0.25, -0.2) is 19.3 Å². The smallest absolute Gasteiger partial charge is 0.157 e. The number of piperidine rings is 1. The second-order valence-corrected chi connectivity index (χ2v) is 9.50. The average molecular weight is 467 g/mol. The zero-order valence-electron chi connectivity index (χ0n) is 20.3. The molecular formula is C25H35FN8. The summed E-state index contributed by atoms with van der Waals surface area (Å²) >= 11 is 0. The summed E-state index contributed by atoms with van der Waals surface area (Å²) in [6, 6.07) is 5.19. The van der Waals surface area contributed by atoms with Crippen molar-refractivity contribution in [2.75, 3.05) is 42.5 Å². The first kappa shape index (κ1) is 23.9. The Morgan fingerprint density at radius 3 is 2.65 bits per heavy atom. The number of aryl methyl sites for hydroxylation is 1. The average Bonchev–Trinajstić information content (AvgIpc) is 3.24. The molecule has 4 rings (SSSR count). The molecule has 34 heavy (non-hydrogen) atoms. The van der Waals surface area contributed by atoms with Crippen LogP contribution in [-0.2, 0) is 6.54 Å². The number of nitrogens with one attached hydrogen (secondary N) is 1. The molecule has 0 unspecified atom stereocenters. The summed E-state index contributed by atoms with van der Waals surface area (Å²) in [5, 5.41) is 3.52. The summed E-state index contributed by atoms with van der Waals surface area (Å²) in [7, 11) is 0. The summed E-state index contributed by atoms with van der Waals surface area (Å²) in [5.74, 6) is 2.83. The molecule has 0 bridgehead atoms. The van der Waals surface area contributed by atoms with Gasteiger partial charge in [0, 0.05) is 43.9 Å². The van der Waals surface area contributed by atoms with Crippen LogP contribution in [0.25, 0.3) is 11.3 Å². The van der Waals surface area contributed by atoms with Crippen LogP contribution in [0.15, 0.2) is 30.7 Å². The van der Waals surface area contributed by atoms with E-state index in [0.717, 1.165) is 62.6 Å². The summed E-state index contributed by atoms with van der Waals surface area (Å²) < 4.78 is 16.1. The van der Waals surface area contributed by atoms with E-state index in [-0.39, 0.29) is 5.82 Å². The van der Waals surface area contributed by atoms with Gasteiger partial charge in [-0.15, -0.1) is 0 Å². The summed E-state index contributed by atoms with van der Waals surface area (Å²) in [6.45, 7) is 10.5. The molecular weight excluding hydrogens is 431 g/mol. The predicted molar refractivity (Wildman–Crippen MR) is 135 cm³/mol. The van der Waals surface area contributed by atoms with Crippen molar-refractivity contribution in [2.24, 2.45) is 5.92 Å². The highest BCUT2D eigenvalue weighted by atomic mass is 19.1. The van der Waals surface area contributed by atoms with Crippen molar-refractivity contribution in [1.82, 2.24) is 24.8 Å². The summed E-state index contributed by atoms with van der Waals surface area (Å²) in [5.41, 5.74) is 14.9. The number of anilines is 3. The van der Waals surface area contributed by atoms with Crippen molar-refractivity contribution >= 4 is 17.3 Å². The Hall–Kier alpha value is -3.20. The van der Waals surface area contributed by atoms with Crippen LogP contribution < -0.4 is 21.7 Å². The minimum absolute atomic E-state index is 0.196. The number of benzene rings is 1. The van der Waals surface area contributed by atoms with Gasteiger partial charge in [-0.1, -0.05) is 13.8 Å². The highest BCUT2D eigenvalue weighted by molar-refractivity contribution is 5.73. The van der Waals surface area contributed by atoms with Gasteiger partial charge in [0.2, 0.25) is 0 Å². The van der Waals surface area contributed by atoms with Gasteiger partial charge in [-0.2, -0.15) is 0 Å². The fourth-order valence-corrected chi connectivity index (χ4v) is 4.47. The number of rotatable bonds is 8. The molecule has 1 saturated heterocycles. The number of halogens is 1. The SMILES string of the molecule is Cc1cc(-c2cn(CCNCC(C)C)c(C3CCN(c4ncnc(N)c4N)CC3)n2)ccc1F. The van der Waals surface area contributed by atoms with Crippen LogP contribution in [0.1, 0.15) is 44.0 Å². The molecule has 9 heteroatoms. The third-order valence-corrected chi connectivity index (χ3v) is 6.40. The molecule has 2 aromatic heterocycles. The molecule has 1 fully saturated rings. The lowest BCUT2D eigenvalue weighted by molar-refractivity contribution is 0.454. The predicted octanol–water partition coefficient (Wildman–Crippen LogP) is 3.58. The van der Waals surface area contributed by atoms with Crippen molar-refractivity contribution < 1.29 is 4.39 Å². The highest BCUT2D eigenvalue weighted by Crippen LogP contribution is 2.34. The fraction of sp³-hybridized carbons (Fsp3) is 0.480. The molecule has 0 radical (unpaired) electrons. The number of nitrogens with two attached hydrogens (primary N) is 2. The van der Waals surface area contributed by atoms with E-state index in [1.165, 1.54) is 12.4 Å². The van der Waals surface area contributed by atoms with Crippen molar-refractivity contribution in [3.8, 4) is 11.3 Å². The van der Waals surface area contributed by atoms with Gasteiger partial charge < -0.3 is 26.3 Å². The van der Waals surface area contributed by atoms with Crippen LogP contribution in [0.3, 0.4) is 0 Å². The molecule has 3 heterocycles. The molecule has 3 aromatic rings. The summed E-state index contributed by atoms with van der Waals surface area (Å²) in [4.78, 5) is 15.5. The normalized spacial score (nSPS) is 14.8. The molecule has 1 aromatic carbocycles. The minimum atomic E-state index is -0.196. The third kappa shape index (κ3) is 5.30. The van der Waals surface area contributed by atoms with Gasteiger partial charge in [-0.3, -0.25) is 0 Å². The standard InChI is InChI=1S/C25H35FN8/c1-16(2)13-29-8-11-34-14-21(19-4-5-20(26)17(3)12-19)32-24(34)18-6-9-33(10-7-18)25-22(27)23(28)30-15-31-25/h4-5,12,14-16,18,29H,6-11,13,27H2,1-3H3,(H2,28,30,31). The maximum atomic E-state index is 13.8. The van der Waals surface area contributed by atoms with Gasteiger partial charge in [0.25, 0.3) is 0 Å². The maximum Gasteiger partial charge on any atom is 0.157 e. The Balaban J connectivity index is 1.53. The van der Waals surface area contributed by atoms with Crippen LogP contribution >= 0.6 is 0 Å². The Bertz CT molecular complexity index is 1120. The number of hydrogen-bond donors (Lipinski definition) is 3. The van der Waals surface area contributed by atoms with Gasteiger partial charge in [-0.05, 0) is 56.0 Å². The van der Waals surface area contributed by atoms with Crippen molar-refractivity contribution in [1.29, 1.82) is 0 Å². The van der Waals surface area contributed by atoms with E-state index in [0.29, 0.717) is 34.7 Å². The first-order valence-electron chi connectivity index (χ1n) is 12.0. The van der Waals surface area contributed by atoms with E-state index >= 15 is 0 Å². The van der Waals surface area contributed by atoms with E-state index in [1.807, 2.05) is 6.07 Å². The lowest BCUT2D eigenvalue weighted by Crippen LogP contribution is -2.35. The molecule has 0 spiro atoms. The van der Waals surface area contributed by atoms with E-state index in [9.17, 15) is 4.39 Å². The Kier molecular flexibility index (Phi) is 7.31. The Morgan fingerprint density at radius 1 is 1.18 bits per heavy atom. The van der Waals surface area contributed by atoms with E-state index < -0.39 is 0 Å². The van der Waals surface area contributed by atoms with Gasteiger partial charge in [0.15, 0.2) is 11.6 Å². The van der Waals surface area contributed by atoms with Gasteiger partial charge in [0.05, 0.1) is 5.69 Å². The lowest BCUT2D eigenvalue weighted by Gasteiger charge is -2.33. The molecule has 1 aliphatic heterocycles. The zero-order chi connectivity index (χ0) is 24.2. The topological polar surface area (TPSA) is 111 Å². The third-order valence-electron chi connectivity index (χ3n) is 6.40. The van der Waals surface area contributed by atoms with Crippen LogP contribution in [0.2, 0.25) is 0 Å². The Morgan fingerprint density at radius 2 is 1.94 bits per heavy atom. The summed E-state index contributed by atoms with van der Waals surface area (Å²) in [6.07, 6.45) is 5.43. The molecule has 1 aliphatic rings. The number of hydrogen-bond acceptors (Lipinski definition) is 7. The fourth-order valence-electron chi connectivity index (χ4n) is 4.47. The first-order valence-corrected chi connectivity index (χ1v) is 12.0. The van der Waals surface area contributed by atoms with E-state index in [4.69, 9.17) is 16.5 Å². The lowest BCUT2D eigenvalue weighted by atomic mass is 9.95. The molecule has 5 N–H and O–H groups in total. The van der Waals surface area contributed by atoms with Crippen LogP contribution in [-0.4, -0.2) is 45.7 Å². The zero-order valence-corrected chi connectivity index (χ0v) is 20.3. The number of imidazole rings is 1. The molecule has 0 amide bonds. The van der Waals surface area contributed by atoms with E-state index in [1.54, 1.807) is 13.0 Å². The van der Waals surface area contributed by atoms with Crippen LogP contribution in [0, 0.1) is 18.7 Å². The van der Waals surface area contributed by atoms with Gasteiger partial charge in [0.1, 0.15) is 23.7 Å². The van der Waals surface area contributed by atoms with Crippen LogP contribution in [0.4, 0.5) is 21.7 Å². The van der Waals surface area contributed by atoms with Crippen LogP contribution in [0.5, 0.6) is 0 Å². The monoisotopic (exact) mass is 466 g/mol. The maximum absolute atomic E-state index is 13.8. The van der Waals surface area contributed by atoms with Crippen molar-refractivity contribution in [3.63, 3.8) is 0 Å². The largest absolute Gasteiger partial charge is 0.393 e. The van der Waals surface area contributed by atoms with Crippen molar-refractivity contribution in [2.45, 2.75) is 46.1 Å². The number of aromatic nitrogens is 4. The van der Waals surface area contributed by atoms with Crippen molar-refractivity contribution in [3.05, 3.63) is 47.9 Å². The minimum Gasteiger partial charge on any atom is -0.393 e. The first-order chi connectivity index (χ1) is 16.3. The highest BCUT2D eigenvalue weighted by Gasteiger charge is 2.27. The number of nitrogens with zero attached hydrogens (tertiary/aromatic N) is 5. The second kappa shape index (κ2) is 10.4. The molecule has 8 nitrogen and oxygen atoms in total. The molecule has 0 aliphatic carbocycles. The number of nitrogen functional groups attached to an aromatic ring is 2. The second-order valence-electron chi connectivity index (χ2n) is 9.50. The molecule has 182 valence electrons. The molecule has 0 atom stereocenters. The van der Waals surface area contributed by atoms with E-state index in [2.05, 4.69) is 44.8 Å². The molecule has 0 saturated carbocycles. The Labute approximate surface area is 200 Å². The van der Waals surface area contributed by atoms with Gasteiger partial charge >= 0.3 is 0 Å². The quantitative estimate of drug-likeness (QED) is 0.435.